The van der Waals surface area contributed by atoms with Gasteiger partial charge in [0.25, 0.3) is 0 Å². The van der Waals surface area contributed by atoms with Crippen molar-refractivity contribution in [2.24, 2.45) is 5.73 Å². The number of hydrogen-bond donors (Lipinski definition) is 2. The van der Waals surface area contributed by atoms with Gasteiger partial charge >= 0.3 is 0 Å². The zero-order chi connectivity index (χ0) is 13.1. The van der Waals surface area contributed by atoms with Crippen LogP contribution in [-0.2, 0) is 0 Å². The normalized spacial score (nSPS) is 10.1. The van der Waals surface area contributed by atoms with Crippen LogP contribution in [0, 0.1) is 19.3 Å². The highest BCUT2D eigenvalue weighted by molar-refractivity contribution is 5.97. The molecule has 0 aliphatic carbocycles. The Morgan fingerprint density at radius 2 is 1.78 bits per heavy atom. The molecular weight excluding hydrogens is 224 g/mol. The SMILES string of the molecule is Cc1ccc(C(=N)N)c(Oc2ccccc2C)c1. The van der Waals surface area contributed by atoms with E-state index in [4.69, 9.17) is 15.9 Å². The minimum Gasteiger partial charge on any atom is -0.456 e. The number of nitrogen functional groups attached to an aromatic ring is 1. The monoisotopic (exact) mass is 240 g/mol. The van der Waals surface area contributed by atoms with Crippen LogP contribution in [0.5, 0.6) is 11.5 Å². The van der Waals surface area contributed by atoms with Crippen molar-refractivity contribution in [2.75, 3.05) is 0 Å². The van der Waals surface area contributed by atoms with Gasteiger partial charge in [-0.3, -0.25) is 5.41 Å². The molecule has 0 spiro atoms. The maximum absolute atomic E-state index is 7.56. The van der Waals surface area contributed by atoms with Crippen molar-refractivity contribution in [1.82, 2.24) is 0 Å². The molecule has 2 aromatic rings. The third-order valence-corrected chi connectivity index (χ3v) is 2.74. The molecule has 0 saturated heterocycles. The number of amidine groups is 1. The Morgan fingerprint density at radius 3 is 2.44 bits per heavy atom. The number of hydrogen-bond acceptors (Lipinski definition) is 2. The average molecular weight is 240 g/mol. The Kier molecular flexibility index (Phi) is 3.33. The smallest absolute Gasteiger partial charge is 0.138 e. The summed E-state index contributed by atoms with van der Waals surface area (Å²) < 4.78 is 5.86. The Bertz CT molecular complexity index is 591. The van der Waals surface area contributed by atoms with E-state index in [0.29, 0.717) is 11.3 Å². The average Bonchev–Trinajstić information content (AvgIpc) is 2.32. The number of rotatable bonds is 3. The molecule has 2 aromatic carbocycles. The molecule has 0 radical (unpaired) electrons. The van der Waals surface area contributed by atoms with Crippen molar-refractivity contribution in [3.05, 3.63) is 59.2 Å². The number of nitrogens with one attached hydrogen (secondary N) is 1. The third-order valence-electron chi connectivity index (χ3n) is 2.74. The molecular formula is C15H16N2O. The van der Waals surface area contributed by atoms with Gasteiger partial charge < -0.3 is 10.5 Å². The summed E-state index contributed by atoms with van der Waals surface area (Å²) in [6, 6.07) is 13.4. The van der Waals surface area contributed by atoms with Crippen LogP contribution in [-0.4, -0.2) is 5.84 Å². The Labute approximate surface area is 107 Å². The summed E-state index contributed by atoms with van der Waals surface area (Å²) in [6.07, 6.45) is 0. The minimum atomic E-state index is 0.0126. The summed E-state index contributed by atoms with van der Waals surface area (Å²) in [4.78, 5) is 0. The molecule has 0 bridgehead atoms. The lowest BCUT2D eigenvalue weighted by atomic mass is 10.1. The molecule has 0 aliphatic rings. The van der Waals surface area contributed by atoms with Gasteiger partial charge in [0.15, 0.2) is 0 Å². The van der Waals surface area contributed by atoms with Gasteiger partial charge in [0.2, 0.25) is 0 Å². The predicted molar refractivity (Wildman–Crippen MR) is 73.4 cm³/mol. The molecule has 0 amide bonds. The lowest BCUT2D eigenvalue weighted by Gasteiger charge is -2.12. The highest BCUT2D eigenvalue weighted by Gasteiger charge is 2.09. The van der Waals surface area contributed by atoms with Gasteiger partial charge in [0, 0.05) is 0 Å². The topological polar surface area (TPSA) is 59.1 Å². The van der Waals surface area contributed by atoms with Crippen LogP contribution >= 0.6 is 0 Å². The first-order chi connectivity index (χ1) is 8.58. The number of para-hydroxylation sites is 1. The summed E-state index contributed by atoms with van der Waals surface area (Å²) in [5, 5.41) is 7.56. The molecule has 3 heteroatoms. The summed E-state index contributed by atoms with van der Waals surface area (Å²) in [5.74, 6) is 1.42. The summed E-state index contributed by atoms with van der Waals surface area (Å²) in [7, 11) is 0. The van der Waals surface area contributed by atoms with Gasteiger partial charge in [-0.25, -0.2) is 0 Å². The van der Waals surface area contributed by atoms with E-state index in [1.165, 1.54) is 0 Å². The molecule has 0 saturated carbocycles. The van der Waals surface area contributed by atoms with Gasteiger partial charge in [-0.1, -0.05) is 24.3 Å². The fourth-order valence-corrected chi connectivity index (χ4v) is 1.73. The zero-order valence-corrected chi connectivity index (χ0v) is 10.5. The first kappa shape index (κ1) is 12.2. The van der Waals surface area contributed by atoms with E-state index < -0.39 is 0 Å². The molecule has 0 atom stereocenters. The van der Waals surface area contributed by atoms with E-state index in [9.17, 15) is 0 Å². The molecule has 0 fully saturated rings. The second-order valence-corrected chi connectivity index (χ2v) is 4.28. The van der Waals surface area contributed by atoms with Gasteiger partial charge in [-0.15, -0.1) is 0 Å². The van der Waals surface area contributed by atoms with Gasteiger partial charge in [-0.05, 0) is 43.2 Å². The second kappa shape index (κ2) is 4.92. The Morgan fingerprint density at radius 1 is 1.06 bits per heavy atom. The molecule has 92 valence electrons. The van der Waals surface area contributed by atoms with Crippen LogP contribution in [0.25, 0.3) is 0 Å². The van der Waals surface area contributed by atoms with Crippen molar-refractivity contribution in [3.8, 4) is 11.5 Å². The van der Waals surface area contributed by atoms with E-state index in [-0.39, 0.29) is 5.84 Å². The van der Waals surface area contributed by atoms with Crippen molar-refractivity contribution < 1.29 is 4.74 Å². The zero-order valence-electron chi connectivity index (χ0n) is 10.5. The molecule has 0 heterocycles. The quantitative estimate of drug-likeness (QED) is 0.638. The maximum Gasteiger partial charge on any atom is 0.138 e. The first-order valence-electron chi connectivity index (χ1n) is 5.76. The largest absolute Gasteiger partial charge is 0.456 e. The van der Waals surface area contributed by atoms with Gasteiger partial charge in [0.1, 0.15) is 17.3 Å². The molecule has 18 heavy (non-hydrogen) atoms. The highest BCUT2D eigenvalue weighted by atomic mass is 16.5. The number of aryl methyl sites for hydroxylation is 2. The first-order valence-corrected chi connectivity index (χ1v) is 5.76. The van der Waals surface area contributed by atoms with E-state index in [0.717, 1.165) is 16.9 Å². The van der Waals surface area contributed by atoms with Crippen molar-refractivity contribution in [1.29, 1.82) is 5.41 Å². The Balaban J connectivity index is 2.42. The van der Waals surface area contributed by atoms with Crippen molar-refractivity contribution >= 4 is 5.84 Å². The predicted octanol–water partition coefficient (Wildman–Crippen LogP) is 3.38. The molecule has 3 N–H and O–H groups in total. The fraction of sp³-hybridized carbons (Fsp3) is 0.133. The van der Waals surface area contributed by atoms with E-state index >= 15 is 0 Å². The summed E-state index contributed by atoms with van der Waals surface area (Å²) in [6.45, 7) is 3.97. The molecule has 2 rings (SSSR count). The summed E-state index contributed by atoms with van der Waals surface area (Å²) >= 11 is 0. The van der Waals surface area contributed by atoms with Gasteiger partial charge in [0.05, 0.1) is 5.56 Å². The fourth-order valence-electron chi connectivity index (χ4n) is 1.73. The van der Waals surface area contributed by atoms with Gasteiger partial charge in [-0.2, -0.15) is 0 Å². The Hall–Kier alpha value is -2.29. The maximum atomic E-state index is 7.56. The number of ether oxygens (including phenoxy) is 1. The lowest BCUT2D eigenvalue weighted by Crippen LogP contribution is -2.12. The minimum absolute atomic E-state index is 0.0126. The lowest BCUT2D eigenvalue weighted by molar-refractivity contribution is 0.477. The summed E-state index contributed by atoms with van der Waals surface area (Å²) in [5.41, 5.74) is 8.30. The number of benzene rings is 2. The standard InChI is InChI=1S/C15H16N2O/c1-10-7-8-12(15(16)17)14(9-10)18-13-6-4-3-5-11(13)2/h3-9H,1-2H3,(H3,16,17). The van der Waals surface area contributed by atoms with Crippen LogP contribution in [0.4, 0.5) is 0 Å². The molecule has 0 aliphatic heterocycles. The van der Waals surface area contributed by atoms with Crippen LogP contribution in [0.3, 0.4) is 0 Å². The number of nitrogens with two attached hydrogens (primary N) is 1. The van der Waals surface area contributed by atoms with E-state index in [1.54, 1.807) is 0 Å². The molecule has 0 aromatic heterocycles. The molecule has 0 unspecified atom stereocenters. The molecule has 3 nitrogen and oxygen atoms in total. The van der Waals surface area contributed by atoms with Crippen molar-refractivity contribution in [3.63, 3.8) is 0 Å². The third kappa shape index (κ3) is 2.51. The van der Waals surface area contributed by atoms with Crippen LogP contribution in [0.1, 0.15) is 16.7 Å². The van der Waals surface area contributed by atoms with Crippen LogP contribution in [0.2, 0.25) is 0 Å². The van der Waals surface area contributed by atoms with Crippen molar-refractivity contribution in [2.45, 2.75) is 13.8 Å². The second-order valence-electron chi connectivity index (χ2n) is 4.28. The van der Waals surface area contributed by atoms with Crippen LogP contribution in [0.15, 0.2) is 42.5 Å². The van der Waals surface area contributed by atoms with Crippen LogP contribution < -0.4 is 10.5 Å². The van der Waals surface area contributed by atoms with E-state index in [2.05, 4.69) is 0 Å². The van der Waals surface area contributed by atoms with E-state index in [1.807, 2.05) is 56.3 Å². The highest BCUT2D eigenvalue weighted by Crippen LogP contribution is 2.28.